The number of aryl methyl sites for hydroxylation is 2. The Morgan fingerprint density at radius 1 is 1.22 bits per heavy atom. The summed E-state index contributed by atoms with van der Waals surface area (Å²) in [7, 11) is 0. The van der Waals surface area contributed by atoms with Gasteiger partial charge in [-0.25, -0.2) is 4.68 Å². The second kappa shape index (κ2) is 6.64. The first-order chi connectivity index (χ1) is 11.1. The highest BCUT2D eigenvalue weighted by Crippen LogP contribution is 2.29. The van der Waals surface area contributed by atoms with Gasteiger partial charge in [-0.05, 0) is 30.4 Å². The smallest absolute Gasteiger partial charge is 0.265 e. The third-order valence-electron chi connectivity index (χ3n) is 4.16. The van der Waals surface area contributed by atoms with Crippen LogP contribution in [0.5, 0.6) is 0 Å². The first-order valence-electron chi connectivity index (χ1n) is 7.81. The molecule has 120 valence electrons. The SMILES string of the molecule is O=C(CCn1[nH]c(=O)ccc1=O)NC1CCCc2ccccc21. The lowest BCUT2D eigenvalue weighted by Gasteiger charge is -2.26. The lowest BCUT2D eigenvalue weighted by Crippen LogP contribution is -2.34. The van der Waals surface area contributed by atoms with Crippen LogP contribution in [-0.2, 0) is 17.8 Å². The number of rotatable bonds is 4. The topological polar surface area (TPSA) is 84.0 Å². The van der Waals surface area contributed by atoms with Crippen molar-refractivity contribution in [1.29, 1.82) is 0 Å². The molecule has 2 aromatic rings. The summed E-state index contributed by atoms with van der Waals surface area (Å²) in [6.07, 6.45) is 3.17. The molecular weight excluding hydrogens is 294 g/mol. The Kier molecular flexibility index (Phi) is 4.41. The summed E-state index contributed by atoms with van der Waals surface area (Å²) in [5.41, 5.74) is 1.79. The van der Waals surface area contributed by atoms with E-state index in [4.69, 9.17) is 0 Å². The van der Waals surface area contributed by atoms with Gasteiger partial charge in [0.05, 0.1) is 12.6 Å². The first-order valence-corrected chi connectivity index (χ1v) is 7.81. The van der Waals surface area contributed by atoms with E-state index < -0.39 is 0 Å². The summed E-state index contributed by atoms with van der Waals surface area (Å²) in [6.45, 7) is 0.162. The molecule has 6 nitrogen and oxygen atoms in total. The first kappa shape index (κ1) is 15.3. The summed E-state index contributed by atoms with van der Waals surface area (Å²) < 4.78 is 1.16. The van der Waals surface area contributed by atoms with Gasteiger partial charge in [-0.2, -0.15) is 0 Å². The number of carbonyl (C=O) groups is 1. The number of nitrogens with zero attached hydrogens (tertiary/aromatic N) is 1. The lowest BCUT2D eigenvalue weighted by molar-refractivity contribution is -0.122. The van der Waals surface area contributed by atoms with E-state index in [1.807, 2.05) is 12.1 Å². The van der Waals surface area contributed by atoms with Gasteiger partial charge in [0.1, 0.15) is 0 Å². The highest BCUT2D eigenvalue weighted by atomic mass is 16.2. The molecule has 0 spiro atoms. The number of carbonyl (C=O) groups excluding carboxylic acids is 1. The Morgan fingerprint density at radius 2 is 2.04 bits per heavy atom. The Bertz CT molecular complexity index is 822. The molecule has 1 aromatic heterocycles. The molecule has 0 saturated heterocycles. The molecule has 0 fully saturated rings. The van der Waals surface area contributed by atoms with Crippen molar-refractivity contribution in [2.45, 2.75) is 38.3 Å². The summed E-state index contributed by atoms with van der Waals surface area (Å²) in [6, 6.07) is 10.6. The van der Waals surface area contributed by atoms with Crippen molar-refractivity contribution in [2.24, 2.45) is 0 Å². The van der Waals surface area contributed by atoms with Crippen LogP contribution in [-0.4, -0.2) is 15.7 Å². The fourth-order valence-electron chi connectivity index (χ4n) is 3.01. The zero-order valence-electron chi connectivity index (χ0n) is 12.7. The maximum Gasteiger partial charge on any atom is 0.265 e. The molecule has 0 radical (unpaired) electrons. The van der Waals surface area contributed by atoms with Crippen LogP contribution in [0.25, 0.3) is 0 Å². The molecule has 3 rings (SSSR count). The highest BCUT2D eigenvalue weighted by molar-refractivity contribution is 5.76. The summed E-state index contributed by atoms with van der Waals surface area (Å²) in [5, 5.41) is 5.45. The molecule has 1 amide bonds. The van der Waals surface area contributed by atoms with Crippen LogP contribution in [0.4, 0.5) is 0 Å². The molecule has 1 unspecified atom stereocenters. The van der Waals surface area contributed by atoms with Crippen LogP contribution in [0.15, 0.2) is 46.0 Å². The second-order valence-electron chi connectivity index (χ2n) is 5.76. The van der Waals surface area contributed by atoms with Crippen molar-refractivity contribution in [1.82, 2.24) is 15.1 Å². The minimum Gasteiger partial charge on any atom is -0.349 e. The summed E-state index contributed by atoms with van der Waals surface area (Å²) in [4.78, 5) is 35.0. The van der Waals surface area contributed by atoms with Crippen LogP contribution in [0.1, 0.15) is 36.4 Å². The third-order valence-corrected chi connectivity index (χ3v) is 4.16. The van der Waals surface area contributed by atoms with Crippen molar-refractivity contribution >= 4 is 5.91 Å². The average molecular weight is 313 g/mol. The number of hydrogen-bond acceptors (Lipinski definition) is 3. The number of aromatic amines is 1. The van der Waals surface area contributed by atoms with Crippen molar-refractivity contribution in [2.75, 3.05) is 0 Å². The van der Waals surface area contributed by atoms with Crippen LogP contribution in [0, 0.1) is 0 Å². The van der Waals surface area contributed by atoms with Crippen LogP contribution < -0.4 is 16.4 Å². The molecule has 23 heavy (non-hydrogen) atoms. The summed E-state index contributed by atoms with van der Waals surface area (Å²) in [5.74, 6) is -0.122. The van der Waals surface area contributed by atoms with Crippen LogP contribution in [0.2, 0.25) is 0 Å². The number of aromatic nitrogens is 2. The van der Waals surface area contributed by atoms with Crippen molar-refractivity contribution in [3.05, 3.63) is 68.2 Å². The van der Waals surface area contributed by atoms with Gasteiger partial charge in [0.15, 0.2) is 0 Å². The van der Waals surface area contributed by atoms with Crippen molar-refractivity contribution in [3.8, 4) is 0 Å². The van der Waals surface area contributed by atoms with Crippen LogP contribution >= 0.6 is 0 Å². The van der Waals surface area contributed by atoms with Gasteiger partial charge in [-0.15, -0.1) is 0 Å². The Balaban J connectivity index is 1.63. The van der Waals surface area contributed by atoms with E-state index in [2.05, 4.69) is 22.5 Å². The molecule has 1 aliphatic carbocycles. The van der Waals surface area contributed by atoms with Gasteiger partial charge < -0.3 is 5.32 Å². The molecule has 6 heteroatoms. The molecule has 0 aliphatic heterocycles. The molecule has 0 saturated carbocycles. The van der Waals surface area contributed by atoms with E-state index in [1.54, 1.807) is 0 Å². The number of nitrogens with one attached hydrogen (secondary N) is 2. The predicted octanol–water partition coefficient (Wildman–Crippen LogP) is 1.12. The molecule has 1 aliphatic rings. The van der Waals surface area contributed by atoms with Gasteiger partial charge in [-0.3, -0.25) is 19.5 Å². The zero-order valence-corrected chi connectivity index (χ0v) is 12.7. The third kappa shape index (κ3) is 3.59. The standard InChI is InChI=1S/C17H19N3O3/c21-15(10-11-20-17(23)9-8-16(22)19-20)18-14-7-3-5-12-4-1-2-6-13(12)14/h1-2,4,6,8-9,14H,3,5,7,10-11H2,(H,18,21)(H,19,22). The number of H-pyrrole nitrogens is 1. The quantitative estimate of drug-likeness (QED) is 0.887. The predicted molar refractivity (Wildman–Crippen MR) is 86.2 cm³/mol. The van der Waals surface area contributed by atoms with E-state index in [0.29, 0.717) is 0 Å². The Morgan fingerprint density at radius 3 is 2.91 bits per heavy atom. The normalized spacial score (nSPS) is 16.6. The largest absolute Gasteiger partial charge is 0.349 e. The van der Waals surface area contributed by atoms with Gasteiger partial charge in [0.2, 0.25) is 5.91 Å². The van der Waals surface area contributed by atoms with E-state index >= 15 is 0 Å². The van der Waals surface area contributed by atoms with Gasteiger partial charge in [0, 0.05) is 18.6 Å². The second-order valence-corrected chi connectivity index (χ2v) is 5.76. The zero-order chi connectivity index (χ0) is 16.2. The Hall–Kier alpha value is -2.63. The Labute approximate surface area is 133 Å². The molecule has 1 aromatic carbocycles. The molecule has 0 bridgehead atoms. The highest BCUT2D eigenvalue weighted by Gasteiger charge is 2.21. The fraction of sp³-hybridized carbons (Fsp3) is 0.353. The number of amides is 1. The number of hydrogen-bond donors (Lipinski definition) is 2. The fourth-order valence-corrected chi connectivity index (χ4v) is 3.01. The maximum atomic E-state index is 12.2. The van der Waals surface area contributed by atoms with Gasteiger partial charge in [-0.1, -0.05) is 24.3 Å². The molecule has 2 N–H and O–H groups in total. The van der Waals surface area contributed by atoms with E-state index in [9.17, 15) is 14.4 Å². The van der Waals surface area contributed by atoms with E-state index in [1.165, 1.54) is 23.3 Å². The summed E-state index contributed by atoms with van der Waals surface area (Å²) >= 11 is 0. The molecular formula is C17H19N3O3. The van der Waals surface area contributed by atoms with E-state index in [-0.39, 0.29) is 36.0 Å². The molecule has 1 heterocycles. The lowest BCUT2D eigenvalue weighted by atomic mass is 9.88. The van der Waals surface area contributed by atoms with Crippen molar-refractivity contribution in [3.63, 3.8) is 0 Å². The minimum atomic E-state index is -0.355. The van der Waals surface area contributed by atoms with Gasteiger partial charge >= 0.3 is 0 Å². The minimum absolute atomic E-state index is 0.0268. The number of fused-ring (bicyclic) bond motifs is 1. The average Bonchev–Trinajstić information content (AvgIpc) is 2.56. The van der Waals surface area contributed by atoms with E-state index in [0.717, 1.165) is 23.9 Å². The van der Waals surface area contributed by atoms with Gasteiger partial charge in [0.25, 0.3) is 11.1 Å². The maximum absolute atomic E-state index is 12.2. The monoisotopic (exact) mass is 313 g/mol. The van der Waals surface area contributed by atoms with Crippen LogP contribution in [0.3, 0.4) is 0 Å². The van der Waals surface area contributed by atoms with Crippen molar-refractivity contribution < 1.29 is 4.79 Å². The molecule has 1 atom stereocenters. The number of benzene rings is 1.